The van der Waals surface area contributed by atoms with Gasteiger partial charge in [-0.3, -0.25) is 9.59 Å². The van der Waals surface area contributed by atoms with Crippen LogP contribution in [0.25, 0.3) is 6.08 Å². The SMILES string of the molecule is CNC(=O)c1cccc(NC(=O)COC(=O)/C(C#N)=C/c2cccc(OC)c2)c1. The minimum atomic E-state index is -0.926. The molecule has 0 aliphatic rings. The Hall–Kier alpha value is -4.12. The molecule has 0 saturated carbocycles. The van der Waals surface area contributed by atoms with E-state index in [9.17, 15) is 19.6 Å². The van der Waals surface area contributed by atoms with Gasteiger partial charge in [0.15, 0.2) is 6.61 Å². The molecule has 0 radical (unpaired) electrons. The van der Waals surface area contributed by atoms with Crippen molar-refractivity contribution in [3.8, 4) is 11.8 Å². The van der Waals surface area contributed by atoms with Gasteiger partial charge in [-0.2, -0.15) is 5.26 Å². The Morgan fingerprint density at radius 2 is 1.90 bits per heavy atom. The molecule has 0 atom stereocenters. The molecular weight excluding hydrogens is 374 g/mol. The highest BCUT2D eigenvalue weighted by atomic mass is 16.5. The number of carbonyl (C=O) groups excluding carboxylic acids is 3. The van der Waals surface area contributed by atoms with Gasteiger partial charge in [-0.05, 0) is 42.0 Å². The molecule has 0 spiro atoms. The number of ether oxygens (including phenoxy) is 2. The van der Waals surface area contributed by atoms with Crippen molar-refractivity contribution in [2.45, 2.75) is 0 Å². The molecule has 2 rings (SSSR count). The van der Waals surface area contributed by atoms with Crippen molar-refractivity contribution < 1.29 is 23.9 Å². The molecule has 2 aromatic rings. The second kappa shape index (κ2) is 10.3. The summed E-state index contributed by atoms with van der Waals surface area (Å²) in [5, 5.41) is 14.2. The van der Waals surface area contributed by atoms with Gasteiger partial charge in [0.1, 0.15) is 17.4 Å². The summed E-state index contributed by atoms with van der Waals surface area (Å²) in [5.74, 6) is -1.26. The Bertz CT molecular complexity index is 992. The monoisotopic (exact) mass is 393 g/mol. The Morgan fingerprint density at radius 1 is 1.14 bits per heavy atom. The Morgan fingerprint density at radius 3 is 2.59 bits per heavy atom. The first-order valence-corrected chi connectivity index (χ1v) is 8.51. The second-order valence-electron chi connectivity index (χ2n) is 5.73. The second-order valence-corrected chi connectivity index (χ2v) is 5.73. The van der Waals surface area contributed by atoms with E-state index in [0.717, 1.165) is 0 Å². The summed E-state index contributed by atoms with van der Waals surface area (Å²) in [7, 11) is 3.00. The van der Waals surface area contributed by atoms with Crippen LogP contribution in [0.3, 0.4) is 0 Å². The third-order valence-electron chi connectivity index (χ3n) is 3.72. The van der Waals surface area contributed by atoms with Crippen LogP contribution in [0.1, 0.15) is 15.9 Å². The maximum Gasteiger partial charge on any atom is 0.349 e. The Balaban J connectivity index is 1.98. The van der Waals surface area contributed by atoms with Gasteiger partial charge in [0.05, 0.1) is 7.11 Å². The molecule has 0 aliphatic carbocycles. The van der Waals surface area contributed by atoms with Crippen molar-refractivity contribution in [3.63, 3.8) is 0 Å². The number of benzene rings is 2. The fraction of sp³-hybridized carbons (Fsp3) is 0.143. The van der Waals surface area contributed by atoms with Crippen LogP contribution < -0.4 is 15.4 Å². The minimum Gasteiger partial charge on any atom is -0.497 e. The van der Waals surface area contributed by atoms with Crippen molar-refractivity contribution in [3.05, 3.63) is 65.2 Å². The molecule has 2 aromatic carbocycles. The van der Waals surface area contributed by atoms with E-state index < -0.39 is 18.5 Å². The Kier molecular flexibility index (Phi) is 7.51. The quantitative estimate of drug-likeness (QED) is 0.423. The summed E-state index contributed by atoms with van der Waals surface area (Å²) in [5.41, 5.74) is 1.07. The van der Waals surface area contributed by atoms with Gasteiger partial charge in [0.2, 0.25) is 0 Å². The molecule has 0 bridgehead atoms. The summed E-state index contributed by atoms with van der Waals surface area (Å²) in [6, 6.07) is 14.8. The number of hydrogen-bond acceptors (Lipinski definition) is 6. The van der Waals surface area contributed by atoms with Crippen LogP contribution in [-0.2, 0) is 14.3 Å². The number of nitrogens with one attached hydrogen (secondary N) is 2. The van der Waals surface area contributed by atoms with E-state index in [1.807, 2.05) is 0 Å². The fourth-order valence-electron chi connectivity index (χ4n) is 2.32. The van der Waals surface area contributed by atoms with E-state index in [-0.39, 0.29) is 11.5 Å². The lowest BCUT2D eigenvalue weighted by Gasteiger charge is -2.08. The molecule has 0 aliphatic heterocycles. The van der Waals surface area contributed by atoms with E-state index in [4.69, 9.17) is 9.47 Å². The van der Waals surface area contributed by atoms with Gasteiger partial charge in [-0.25, -0.2) is 4.79 Å². The molecule has 2 amide bonds. The molecule has 29 heavy (non-hydrogen) atoms. The normalized spacial score (nSPS) is 10.4. The van der Waals surface area contributed by atoms with Crippen molar-refractivity contribution in [2.75, 3.05) is 26.1 Å². The van der Waals surface area contributed by atoms with E-state index >= 15 is 0 Å². The first-order chi connectivity index (χ1) is 14.0. The van der Waals surface area contributed by atoms with Crippen LogP contribution in [0.5, 0.6) is 5.75 Å². The molecular formula is C21H19N3O5. The lowest BCUT2D eigenvalue weighted by atomic mass is 10.1. The molecule has 2 N–H and O–H groups in total. The number of methoxy groups -OCH3 is 1. The van der Waals surface area contributed by atoms with Gasteiger partial charge in [0, 0.05) is 18.3 Å². The zero-order valence-electron chi connectivity index (χ0n) is 15.9. The zero-order chi connectivity index (χ0) is 21.2. The average molecular weight is 393 g/mol. The molecule has 0 aromatic heterocycles. The highest BCUT2D eigenvalue weighted by Crippen LogP contribution is 2.16. The van der Waals surface area contributed by atoms with E-state index in [2.05, 4.69) is 10.6 Å². The number of hydrogen-bond donors (Lipinski definition) is 2. The van der Waals surface area contributed by atoms with Crippen LogP contribution in [0.4, 0.5) is 5.69 Å². The van der Waals surface area contributed by atoms with Crippen LogP contribution in [0.2, 0.25) is 0 Å². The van der Waals surface area contributed by atoms with E-state index in [0.29, 0.717) is 22.6 Å². The number of carbonyl (C=O) groups is 3. The van der Waals surface area contributed by atoms with Crippen molar-refractivity contribution in [1.82, 2.24) is 5.32 Å². The molecule has 8 nitrogen and oxygen atoms in total. The predicted molar refractivity (Wildman–Crippen MR) is 106 cm³/mol. The van der Waals surface area contributed by atoms with Gasteiger partial charge >= 0.3 is 5.97 Å². The summed E-state index contributed by atoms with van der Waals surface area (Å²) in [4.78, 5) is 35.7. The zero-order valence-corrected chi connectivity index (χ0v) is 15.9. The van der Waals surface area contributed by atoms with E-state index in [1.165, 1.54) is 26.3 Å². The summed E-state index contributed by atoms with van der Waals surface area (Å²) in [6.45, 7) is -0.583. The Labute approximate surface area is 167 Å². The summed E-state index contributed by atoms with van der Waals surface area (Å²) >= 11 is 0. The number of anilines is 1. The molecule has 0 heterocycles. The first kappa shape index (κ1) is 21.2. The minimum absolute atomic E-state index is 0.257. The topological polar surface area (TPSA) is 118 Å². The average Bonchev–Trinajstić information content (AvgIpc) is 2.75. The highest BCUT2D eigenvalue weighted by molar-refractivity contribution is 6.00. The van der Waals surface area contributed by atoms with E-state index in [1.54, 1.807) is 48.5 Å². The van der Waals surface area contributed by atoms with Crippen LogP contribution >= 0.6 is 0 Å². The number of nitrogens with zero attached hydrogens (tertiary/aromatic N) is 1. The van der Waals surface area contributed by atoms with Crippen LogP contribution in [0.15, 0.2) is 54.1 Å². The van der Waals surface area contributed by atoms with Gasteiger partial charge < -0.3 is 20.1 Å². The third kappa shape index (κ3) is 6.22. The maximum atomic E-state index is 12.1. The summed E-state index contributed by atoms with van der Waals surface area (Å²) < 4.78 is 9.99. The fourth-order valence-corrected chi connectivity index (χ4v) is 2.32. The molecule has 0 fully saturated rings. The molecule has 148 valence electrons. The van der Waals surface area contributed by atoms with Gasteiger partial charge in [-0.15, -0.1) is 0 Å². The first-order valence-electron chi connectivity index (χ1n) is 8.51. The third-order valence-corrected chi connectivity index (χ3v) is 3.72. The van der Waals surface area contributed by atoms with Crippen LogP contribution in [-0.4, -0.2) is 38.5 Å². The van der Waals surface area contributed by atoms with Gasteiger partial charge in [0.25, 0.3) is 11.8 Å². The summed E-state index contributed by atoms with van der Waals surface area (Å²) in [6.07, 6.45) is 1.34. The largest absolute Gasteiger partial charge is 0.497 e. The van der Waals surface area contributed by atoms with Crippen molar-refractivity contribution in [2.24, 2.45) is 0 Å². The molecule has 0 unspecified atom stereocenters. The van der Waals surface area contributed by atoms with Crippen LogP contribution in [0, 0.1) is 11.3 Å². The number of esters is 1. The maximum absolute atomic E-state index is 12.1. The number of amides is 2. The van der Waals surface area contributed by atoms with Gasteiger partial charge in [-0.1, -0.05) is 18.2 Å². The number of nitriles is 1. The smallest absolute Gasteiger partial charge is 0.349 e. The molecule has 0 saturated heterocycles. The lowest BCUT2D eigenvalue weighted by molar-refractivity contribution is -0.142. The molecule has 8 heteroatoms. The standard InChI is InChI=1S/C21H19N3O5/c1-23-20(26)15-6-4-7-17(11-15)24-19(25)13-29-21(27)16(12-22)9-14-5-3-8-18(10-14)28-2/h3-11H,13H2,1-2H3,(H,23,26)(H,24,25)/b16-9+. The highest BCUT2D eigenvalue weighted by Gasteiger charge is 2.14. The lowest BCUT2D eigenvalue weighted by Crippen LogP contribution is -2.22. The predicted octanol–water partition coefficient (Wildman–Crippen LogP) is 2.14. The number of rotatable bonds is 7. The van der Waals surface area contributed by atoms with Crippen molar-refractivity contribution in [1.29, 1.82) is 5.26 Å². The van der Waals surface area contributed by atoms with Crippen molar-refractivity contribution >= 4 is 29.5 Å².